The molecule has 0 saturated carbocycles. The van der Waals surface area contributed by atoms with Crippen molar-refractivity contribution in [3.05, 3.63) is 48.0 Å². The molecule has 1 amide bonds. The molecule has 0 unspecified atom stereocenters. The zero-order chi connectivity index (χ0) is 22.9. The lowest BCUT2D eigenvalue weighted by Gasteiger charge is -2.32. The summed E-state index contributed by atoms with van der Waals surface area (Å²) in [6, 6.07) is 13.2. The normalized spacial score (nSPS) is 14.0. The molecule has 2 N–H and O–H groups in total. The SMILES string of the molecule is CCOc1cc(C(=S)N2CCC(C(N)=O)CC2)ccc1OCCOc1ccccc1OC. The molecule has 172 valence electrons. The topological polar surface area (TPSA) is 83.3 Å². The maximum Gasteiger partial charge on any atom is 0.220 e. The Labute approximate surface area is 194 Å². The molecule has 0 spiro atoms. The number of methoxy groups -OCH3 is 1. The number of piperidine rings is 1. The first-order valence-corrected chi connectivity index (χ1v) is 11.2. The van der Waals surface area contributed by atoms with Crippen LogP contribution in [-0.4, -0.2) is 55.8 Å². The van der Waals surface area contributed by atoms with Crippen molar-refractivity contribution in [2.24, 2.45) is 11.7 Å². The van der Waals surface area contributed by atoms with Crippen LogP contribution in [0, 0.1) is 5.92 Å². The highest BCUT2D eigenvalue weighted by Gasteiger charge is 2.25. The summed E-state index contributed by atoms with van der Waals surface area (Å²) < 4.78 is 22.8. The lowest BCUT2D eigenvalue weighted by Crippen LogP contribution is -2.41. The number of benzene rings is 2. The van der Waals surface area contributed by atoms with Crippen LogP contribution in [0.15, 0.2) is 42.5 Å². The van der Waals surface area contributed by atoms with Gasteiger partial charge >= 0.3 is 0 Å². The Morgan fingerprint density at radius 3 is 2.22 bits per heavy atom. The quantitative estimate of drug-likeness (QED) is 0.431. The van der Waals surface area contributed by atoms with Gasteiger partial charge in [0.25, 0.3) is 0 Å². The fourth-order valence-electron chi connectivity index (χ4n) is 3.62. The van der Waals surface area contributed by atoms with Gasteiger partial charge in [-0.3, -0.25) is 4.79 Å². The van der Waals surface area contributed by atoms with Gasteiger partial charge in [0.15, 0.2) is 23.0 Å². The lowest BCUT2D eigenvalue weighted by atomic mass is 9.96. The Balaban J connectivity index is 1.59. The number of nitrogens with two attached hydrogens (primary N) is 1. The highest BCUT2D eigenvalue weighted by atomic mass is 32.1. The molecule has 1 aliphatic rings. The molecular weight excluding hydrogens is 428 g/mol. The van der Waals surface area contributed by atoms with Crippen molar-refractivity contribution in [1.82, 2.24) is 4.90 Å². The van der Waals surface area contributed by atoms with Gasteiger partial charge in [-0.2, -0.15) is 0 Å². The number of amides is 1. The van der Waals surface area contributed by atoms with Gasteiger partial charge in [0.05, 0.1) is 13.7 Å². The molecule has 1 heterocycles. The summed E-state index contributed by atoms with van der Waals surface area (Å²) in [5.41, 5.74) is 6.32. The molecule has 7 nitrogen and oxygen atoms in total. The van der Waals surface area contributed by atoms with Gasteiger partial charge in [0, 0.05) is 24.6 Å². The summed E-state index contributed by atoms with van der Waals surface area (Å²) >= 11 is 5.70. The predicted molar refractivity (Wildman–Crippen MR) is 127 cm³/mol. The lowest BCUT2D eigenvalue weighted by molar-refractivity contribution is -0.122. The summed E-state index contributed by atoms with van der Waals surface area (Å²) in [6.45, 7) is 4.58. The number of carbonyl (C=O) groups is 1. The number of hydrogen-bond acceptors (Lipinski definition) is 6. The van der Waals surface area contributed by atoms with Crippen LogP contribution in [-0.2, 0) is 4.79 Å². The standard InChI is InChI=1S/C24H30N2O5S/c1-3-29-22-16-18(24(32)26-12-10-17(11-13-26)23(25)27)8-9-21(22)31-15-14-30-20-7-5-4-6-19(20)28-2/h4-9,16-17H,3,10-15H2,1-2H3,(H2,25,27). The number of carbonyl (C=O) groups excluding carboxylic acids is 1. The fraction of sp³-hybridized carbons (Fsp3) is 0.417. The maximum atomic E-state index is 11.4. The number of primary amides is 1. The summed E-state index contributed by atoms with van der Waals surface area (Å²) in [5, 5.41) is 0. The van der Waals surface area contributed by atoms with E-state index >= 15 is 0 Å². The molecule has 2 aromatic rings. The van der Waals surface area contributed by atoms with Crippen molar-refractivity contribution in [3.63, 3.8) is 0 Å². The molecule has 0 radical (unpaired) electrons. The maximum absolute atomic E-state index is 11.4. The van der Waals surface area contributed by atoms with E-state index in [1.165, 1.54) is 0 Å². The van der Waals surface area contributed by atoms with Crippen molar-refractivity contribution >= 4 is 23.1 Å². The van der Waals surface area contributed by atoms with Crippen LogP contribution in [0.1, 0.15) is 25.3 Å². The van der Waals surface area contributed by atoms with Crippen LogP contribution in [0.2, 0.25) is 0 Å². The third-order valence-electron chi connectivity index (χ3n) is 5.34. The number of likely N-dealkylation sites (tertiary alicyclic amines) is 1. The van der Waals surface area contributed by atoms with E-state index in [1.807, 2.05) is 49.4 Å². The van der Waals surface area contributed by atoms with Gasteiger partial charge in [-0.05, 0) is 50.1 Å². The summed E-state index contributed by atoms with van der Waals surface area (Å²) in [4.78, 5) is 14.2. The second-order valence-corrected chi connectivity index (χ2v) is 7.80. The van der Waals surface area contributed by atoms with E-state index in [4.69, 9.17) is 36.9 Å². The Morgan fingerprint density at radius 1 is 1.00 bits per heavy atom. The number of ether oxygens (including phenoxy) is 4. The third kappa shape index (κ3) is 6.03. The van der Waals surface area contributed by atoms with Crippen molar-refractivity contribution in [2.45, 2.75) is 19.8 Å². The molecule has 0 aliphatic carbocycles. The third-order valence-corrected chi connectivity index (χ3v) is 5.84. The van der Waals surface area contributed by atoms with E-state index in [-0.39, 0.29) is 11.8 Å². The van der Waals surface area contributed by atoms with Crippen LogP contribution < -0.4 is 24.7 Å². The van der Waals surface area contributed by atoms with Crippen LogP contribution >= 0.6 is 12.2 Å². The second kappa shape index (κ2) is 11.6. The minimum Gasteiger partial charge on any atom is -0.493 e. The van der Waals surface area contributed by atoms with Crippen molar-refractivity contribution in [3.8, 4) is 23.0 Å². The number of rotatable bonds is 10. The van der Waals surface area contributed by atoms with E-state index in [9.17, 15) is 4.79 Å². The van der Waals surface area contributed by atoms with Gasteiger partial charge < -0.3 is 29.6 Å². The van der Waals surface area contributed by atoms with E-state index in [0.29, 0.717) is 42.8 Å². The van der Waals surface area contributed by atoms with Crippen molar-refractivity contribution < 1.29 is 23.7 Å². The van der Waals surface area contributed by atoms with Crippen LogP contribution in [0.5, 0.6) is 23.0 Å². The van der Waals surface area contributed by atoms with Gasteiger partial charge in [-0.15, -0.1) is 0 Å². The average Bonchev–Trinajstić information content (AvgIpc) is 2.82. The minimum atomic E-state index is -0.231. The number of thiocarbonyl (C=S) groups is 1. The Kier molecular flexibility index (Phi) is 8.56. The number of para-hydroxylation sites is 2. The predicted octanol–water partition coefficient (Wildman–Crippen LogP) is 3.42. The van der Waals surface area contributed by atoms with Gasteiger partial charge in [-0.1, -0.05) is 24.4 Å². The van der Waals surface area contributed by atoms with Gasteiger partial charge in [-0.25, -0.2) is 0 Å². The van der Waals surface area contributed by atoms with Crippen molar-refractivity contribution in [1.29, 1.82) is 0 Å². The summed E-state index contributed by atoms with van der Waals surface area (Å²) in [5.74, 6) is 2.32. The average molecular weight is 459 g/mol. The zero-order valence-corrected chi connectivity index (χ0v) is 19.4. The molecule has 8 heteroatoms. The van der Waals surface area contributed by atoms with Gasteiger partial charge in [0.1, 0.15) is 18.2 Å². The largest absolute Gasteiger partial charge is 0.493 e. The fourth-order valence-corrected chi connectivity index (χ4v) is 3.93. The smallest absolute Gasteiger partial charge is 0.220 e. The molecule has 32 heavy (non-hydrogen) atoms. The van der Waals surface area contributed by atoms with E-state index in [1.54, 1.807) is 7.11 Å². The van der Waals surface area contributed by atoms with Crippen LogP contribution in [0.3, 0.4) is 0 Å². The molecule has 1 fully saturated rings. The first-order chi connectivity index (χ1) is 15.5. The van der Waals surface area contributed by atoms with Gasteiger partial charge in [0.2, 0.25) is 5.91 Å². The van der Waals surface area contributed by atoms with Crippen LogP contribution in [0.4, 0.5) is 0 Å². The summed E-state index contributed by atoms with van der Waals surface area (Å²) in [6.07, 6.45) is 1.45. The molecule has 1 saturated heterocycles. The Hall–Kier alpha value is -3.00. The molecule has 0 aromatic heterocycles. The summed E-state index contributed by atoms with van der Waals surface area (Å²) in [7, 11) is 1.61. The second-order valence-electron chi connectivity index (χ2n) is 7.41. The molecule has 2 aromatic carbocycles. The number of nitrogens with zero attached hydrogens (tertiary/aromatic N) is 1. The van der Waals surface area contributed by atoms with Crippen molar-refractivity contribution in [2.75, 3.05) is 40.0 Å². The molecule has 3 rings (SSSR count). The van der Waals surface area contributed by atoms with E-state index in [0.717, 1.165) is 36.5 Å². The molecular formula is C24H30N2O5S. The minimum absolute atomic E-state index is 0.0677. The highest BCUT2D eigenvalue weighted by molar-refractivity contribution is 7.80. The Morgan fingerprint density at radius 2 is 1.62 bits per heavy atom. The molecule has 1 aliphatic heterocycles. The monoisotopic (exact) mass is 458 g/mol. The first kappa shape index (κ1) is 23.7. The molecule has 0 atom stereocenters. The molecule has 0 bridgehead atoms. The first-order valence-electron chi connectivity index (χ1n) is 10.8. The number of hydrogen-bond donors (Lipinski definition) is 1. The van der Waals surface area contributed by atoms with E-state index < -0.39 is 0 Å². The van der Waals surface area contributed by atoms with Crippen LogP contribution in [0.25, 0.3) is 0 Å². The highest BCUT2D eigenvalue weighted by Crippen LogP contribution is 2.30. The van der Waals surface area contributed by atoms with E-state index in [2.05, 4.69) is 4.90 Å². The Bertz CT molecular complexity index is 928. The zero-order valence-electron chi connectivity index (χ0n) is 18.5.